The highest BCUT2D eigenvalue weighted by atomic mass is 19.4. The Balaban J connectivity index is 1.46. The number of phenols is 1. The summed E-state index contributed by atoms with van der Waals surface area (Å²) in [7, 11) is 0. The van der Waals surface area contributed by atoms with E-state index in [2.05, 4.69) is 4.98 Å². The second-order valence-corrected chi connectivity index (χ2v) is 9.36. The largest absolute Gasteiger partial charge is 0.508 e. The molecule has 0 bridgehead atoms. The molecule has 2 aliphatic heterocycles. The molecule has 3 aromatic carbocycles. The third-order valence-corrected chi connectivity index (χ3v) is 6.79. The van der Waals surface area contributed by atoms with Crippen LogP contribution in [0.4, 0.5) is 17.6 Å². The van der Waals surface area contributed by atoms with Crippen molar-refractivity contribution in [1.82, 2.24) is 9.88 Å². The number of aromatic nitrogens is 1. The number of aromatic hydroxyl groups is 1. The van der Waals surface area contributed by atoms with Gasteiger partial charge >= 0.3 is 6.18 Å². The van der Waals surface area contributed by atoms with Crippen LogP contribution in [-0.2, 0) is 6.18 Å². The van der Waals surface area contributed by atoms with Crippen molar-refractivity contribution in [3.63, 3.8) is 0 Å². The lowest BCUT2D eigenvalue weighted by Crippen LogP contribution is -2.49. The molecule has 3 heterocycles. The number of hydrogen-bond donors (Lipinski definition) is 1. The van der Waals surface area contributed by atoms with Crippen LogP contribution >= 0.6 is 0 Å². The number of likely N-dealkylation sites (tertiary alicyclic amines) is 1. The molecule has 9 heteroatoms. The predicted molar refractivity (Wildman–Crippen MR) is 134 cm³/mol. The monoisotopic (exact) mass is 528 g/mol. The van der Waals surface area contributed by atoms with Crippen LogP contribution in [0.5, 0.6) is 17.2 Å². The summed E-state index contributed by atoms with van der Waals surface area (Å²) in [5.41, 5.74) is 0.288. The molecule has 6 rings (SSSR count). The lowest BCUT2D eigenvalue weighted by molar-refractivity contribution is -0.137. The molecule has 0 spiro atoms. The summed E-state index contributed by atoms with van der Waals surface area (Å²) >= 11 is 0. The van der Waals surface area contributed by atoms with E-state index in [0.29, 0.717) is 47.2 Å². The highest BCUT2D eigenvalue weighted by Gasteiger charge is 2.35. The molecule has 1 atom stereocenters. The van der Waals surface area contributed by atoms with Gasteiger partial charge in [0.15, 0.2) is 6.10 Å². The summed E-state index contributed by atoms with van der Waals surface area (Å²) in [6.07, 6.45) is -4.57. The van der Waals surface area contributed by atoms with Crippen molar-refractivity contribution in [1.29, 1.82) is 0 Å². The topological polar surface area (TPSA) is 54.8 Å². The molecule has 1 unspecified atom stereocenters. The van der Waals surface area contributed by atoms with Gasteiger partial charge in [-0.3, -0.25) is 14.3 Å². The molecule has 4 aromatic rings. The Bertz CT molecular complexity index is 1680. The fourth-order valence-electron chi connectivity index (χ4n) is 4.86. The number of phenolic OH excluding ortho intramolecular Hbond substituents is 1. The normalized spacial score (nSPS) is 18.9. The molecule has 1 saturated heterocycles. The first kappa shape index (κ1) is 20.2. The van der Waals surface area contributed by atoms with Crippen LogP contribution in [0.1, 0.15) is 28.3 Å². The zero-order valence-electron chi connectivity index (χ0n) is 23.9. The maximum atomic E-state index is 13.6. The van der Waals surface area contributed by atoms with E-state index < -0.39 is 48.7 Å². The summed E-state index contributed by atoms with van der Waals surface area (Å²) in [5.74, 6) is -0.506. The van der Waals surface area contributed by atoms with Crippen LogP contribution in [0.3, 0.4) is 0 Å². The van der Waals surface area contributed by atoms with Crippen LogP contribution in [0.2, 0.25) is 0 Å². The quantitative estimate of drug-likeness (QED) is 0.294. The fraction of sp³-hybridized carbons (Fsp3) is 0.276. The Morgan fingerprint density at radius 2 is 1.87 bits per heavy atom. The molecule has 1 fully saturated rings. The molecule has 1 aromatic heterocycles. The number of nitrogens with zero attached hydrogens (tertiary/aromatic N) is 2. The van der Waals surface area contributed by atoms with E-state index in [0.717, 1.165) is 12.1 Å². The van der Waals surface area contributed by atoms with E-state index in [-0.39, 0.29) is 35.3 Å². The van der Waals surface area contributed by atoms with E-state index in [1.165, 1.54) is 24.4 Å². The van der Waals surface area contributed by atoms with Crippen molar-refractivity contribution < 1.29 is 37.6 Å². The number of fused-ring (bicyclic) bond motifs is 5. The van der Waals surface area contributed by atoms with Crippen molar-refractivity contribution in [3.8, 4) is 28.4 Å². The average molecular weight is 529 g/mol. The van der Waals surface area contributed by atoms with Crippen molar-refractivity contribution in [2.24, 2.45) is 5.92 Å². The molecule has 38 heavy (non-hydrogen) atoms. The first-order chi connectivity index (χ1) is 20.0. The summed E-state index contributed by atoms with van der Waals surface area (Å²) < 4.78 is 100. The Labute approximate surface area is 221 Å². The highest BCUT2D eigenvalue weighted by molar-refractivity contribution is 5.92. The van der Waals surface area contributed by atoms with Gasteiger partial charge in [-0.2, -0.15) is 13.2 Å². The molecule has 196 valence electrons. The van der Waals surface area contributed by atoms with Crippen LogP contribution in [0.15, 0.2) is 66.8 Å². The summed E-state index contributed by atoms with van der Waals surface area (Å²) in [5, 5.41) is 10.5. The molecular formula is C29H24F4N2O3. The van der Waals surface area contributed by atoms with Gasteiger partial charge in [-0.15, -0.1) is 0 Å². The van der Waals surface area contributed by atoms with Crippen molar-refractivity contribution in [3.05, 3.63) is 83.5 Å². The standard InChI is InChI=1S/C29H24F4N2O3/c30-13-17-15-35(16-17)9-10-37-21-5-1-18(2-6-21)28-27-23-8-4-20(36)12-25(23)34-14-24(27)22-7-3-19(29(31,32)33)11-26(22)38-28/h1-8,11-12,14,17,28,36H,9-10,13,15-16H2/i1D,2D,5D,6D. The third-order valence-electron chi connectivity index (χ3n) is 6.79. The first-order valence-corrected chi connectivity index (χ1v) is 12.0. The number of alkyl halides is 4. The average Bonchev–Trinajstić information content (AvgIpc) is 2.93. The van der Waals surface area contributed by atoms with Gasteiger partial charge in [0.25, 0.3) is 0 Å². The minimum Gasteiger partial charge on any atom is -0.508 e. The Kier molecular flexibility index (Phi) is 5.02. The van der Waals surface area contributed by atoms with Gasteiger partial charge in [-0.05, 0) is 48.0 Å². The smallest absolute Gasteiger partial charge is 0.416 e. The molecule has 2 aliphatic rings. The van der Waals surface area contributed by atoms with Crippen LogP contribution in [-0.4, -0.2) is 47.9 Å². The van der Waals surface area contributed by atoms with Gasteiger partial charge in [-0.25, -0.2) is 0 Å². The van der Waals surface area contributed by atoms with Gasteiger partial charge in [0.1, 0.15) is 23.9 Å². The van der Waals surface area contributed by atoms with Crippen molar-refractivity contribution in [2.75, 3.05) is 32.9 Å². The number of hydrogen-bond acceptors (Lipinski definition) is 5. The van der Waals surface area contributed by atoms with E-state index in [4.69, 9.17) is 15.0 Å². The number of halogens is 4. The Morgan fingerprint density at radius 3 is 2.61 bits per heavy atom. The fourth-order valence-corrected chi connectivity index (χ4v) is 4.86. The second kappa shape index (κ2) is 9.47. The minimum atomic E-state index is -4.65. The molecule has 0 aliphatic carbocycles. The molecule has 5 nitrogen and oxygen atoms in total. The number of pyridine rings is 1. The predicted octanol–water partition coefficient (Wildman–Crippen LogP) is 6.39. The summed E-state index contributed by atoms with van der Waals surface area (Å²) in [6, 6.07) is 5.51. The number of rotatable bonds is 6. The van der Waals surface area contributed by atoms with Gasteiger partial charge in [0.2, 0.25) is 0 Å². The Hall–Kier alpha value is -3.85. The van der Waals surface area contributed by atoms with Gasteiger partial charge < -0.3 is 14.6 Å². The first-order valence-electron chi connectivity index (χ1n) is 14.0. The van der Waals surface area contributed by atoms with E-state index in [9.17, 15) is 22.7 Å². The molecule has 0 saturated carbocycles. The van der Waals surface area contributed by atoms with Crippen LogP contribution in [0, 0.1) is 5.92 Å². The second-order valence-electron chi connectivity index (χ2n) is 9.36. The zero-order valence-corrected chi connectivity index (χ0v) is 19.9. The van der Waals surface area contributed by atoms with Crippen molar-refractivity contribution >= 4 is 10.9 Å². The molecule has 0 amide bonds. The van der Waals surface area contributed by atoms with E-state index >= 15 is 0 Å². The lowest BCUT2D eigenvalue weighted by Gasteiger charge is -2.37. The third kappa shape index (κ3) is 4.51. The SMILES string of the molecule is [2H]c1c([2H])c(C2Oc3cc(C(F)(F)F)ccc3-c3cnc4cc(O)ccc4c32)c([2H])c([2H])c1OCCN1CC(CF)C1. The number of benzene rings is 3. The molecule has 1 N–H and O–H groups in total. The van der Waals surface area contributed by atoms with Crippen LogP contribution in [0.25, 0.3) is 22.0 Å². The van der Waals surface area contributed by atoms with Gasteiger partial charge in [0.05, 0.1) is 23.2 Å². The highest BCUT2D eigenvalue weighted by Crippen LogP contribution is 2.48. The van der Waals surface area contributed by atoms with E-state index in [1.54, 1.807) is 6.07 Å². The van der Waals surface area contributed by atoms with Crippen molar-refractivity contribution in [2.45, 2.75) is 12.3 Å². The Morgan fingerprint density at radius 1 is 1.08 bits per heavy atom. The lowest BCUT2D eigenvalue weighted by atomic mass is 9.87. The van der Waals surface area contributed by atoms with Gasteiger partial charge in [0, 0.05) is 59.9 Å². The number of ether oxygens (including phenoxy) is 2. The van der Waals surface area contributed by atoms with E-state index in [1.807, 2.05) is 4.90 Å². The minimum absolute atomic E-state index is 0.0200. The summed E-state index contributed by atoms with van der Waals surface area (Å²) in [4.78, 5) is 6.32. The van der Waals surface area contributed by atoms with Gasteiger partial charge in [-0.1, -0.05) is 12.1 Å². The summed E-state index contributed by atoms with van der Waals surface area (Å²) in [6.45, 7) is 1.22. The molecule has 0 radical (unpaired) electrons. The maximum Gasteiger partial charge on any atom is 0.416 e. The van der Waals surface area contributed by atoms with Crippen LogP contribution < -0.4 is 9.47 Å². The maximum absolute atomic E-state index is 13.6. The molecular weight excluding hydrogens is 500 g/mol. The zero-order chi connectivity index (χ0) is 29.9.